The summed E-state index contributed by atoms with van der Waals surface area (Å²) in [6.07, 6.45) is 4.41. The quantitative estimate of drug-likeness (QED) is 0.889. The largest absolute Gasteiger partial charge is 0.341 e. The fraction of sp³-hybridized carbons (Fsp3) is 0.579. The summed E-state index contributed by atoms with van der Waals surface area (Å²) < 4.78 is 0. The highest BCUT2D eigenvalue weighted by Gasteiger charge is 2.57. The average molecular weight is 327 g/mol. The van der Waals surface area contributed by atoms with Crippen LogP contribution in [0.1, 0.15) is 37.3 Å². The summed E-state index contributed by atoms with van der Waals surface area (Å²) in [5, 5.41) is 6.05. The third-order valence-electron chi connectivity index (χ3n) is 6.10. The molecular formula is C19H25N3O2. The maximum absolute atomic E-state index is 12.1. The minimum Gasteiger partial charge on any atom is -0.341 e. The predicted octanol–water partition coefficient (Wildman–Crippen LogP) is 1.81. The highest BCUT2D eigenvalue weighted by atomic mass is 16.2. The number of rotatable bonds is 3. The van der Waals surface area contributed by atoms with Crippen LogP contribution >= 0.6 is 0 Å². The van der Waals surface area contributed by atoms with Gasteiger partial charge in [0.05, 0.1) is 0 Å². The molecular weight excluding hydrogens is 302 g/mol. The molecule has 1 saturated heterocycles. The molecule has 5 heteroatoms. The Morgan fingerprint density at radius 2 is 2.17 bits per heavy atom. The summed E-state index contributed by atoms with van der Waals surface area (Å²) in [4.78, 5) is 25.3. The van der Waals surface area contributed by atoms with Crippen LogP contribution in [0.4, 0.5) is 4.79 Å². The molecule has 2 N–H and O–H groups in total. The van der Waals surface area contributed by atoms with Crippen LogP contribution in [0, 0.1) is 5.92 Å². The van der Waals surface area contributed by atoms with E-state index >= 15 is 0 Å². The van der Waals surface area contributed by atoms with Crippen LogP contribution in [0.5, 0.6) is 0 Å². The lowest BCUT2D eigenvalue weighted by Crippen LogP contribution is -2.44. The van der Waals surface area contributed by atoms with Gasteiger partial charge < -0.3 is 15.5 Å². The molecule has 3 amide bonds. The molecule has 1 aliphatic heterocycles. The standard InChI is InChI=1S/C19H25N3O2/c1-13(23)22-9-7-16(12-22)21-18(24)20-11-15-10-19(15)8-6-14-4-2-3-5-17(14)19/h2-5,15-16H,6-12H2,1H3,(H2,20,21,24)/t15-,16+,19+/m1/s1. The Hall–Kier alpha value is -2.04. The number of aryl methyl sites for hydroxylation is 1. The van der Waals surface area contributed by atoms with Crippen molar-refractivity contribution in [2.45, 2.75) is 44.1 Å². The van der Waals surface area contributed by atoms with E-state index in [0.717, 1.165) is 19.5 Å². The zero-order valence-electron chi connectivity index (χ0n) is 14.2. The van der Waals surface area contributed by atoms with E-state index < -0.39 is 0 Å². The second-order valence-corrected chi connectivity index (χ2v) is 7.52. The normalized spacial score (nSPS) is 30.3. The molecule has 3 atom stereocenters. The first-order valence-corrected chi connectivity index (χ1v) is 8.97. The van der Waals surface area contributed by atoms with Gasteiger partial charge in [-0.1, -0.05) is 24.3 Å². The lowest BCUT2D eigenvalue weighted by molar-refractivity contribution is -0.127. The first kappa shape index (κ1) is 15.5. The van der Waals surface area contributed by atoms with Crippen molar-refractivity contribution in [3.8, 4) is 0 Å². The summed E-state index contributed by atoms with van der Waals surface area (Å²) in [5.74, 6) is 0.642. The number of nitrogens with zero attached hydrogens (tertiary/aromatic N) is 1. The van der Waals surface area contributed by atoms with E-state index in [1.54, 1.807) is 11.8 Å². The molecule has 3 aliphatic rings. The van der Waals surface area contributed by atoms with Gasteiger partial charge in [0.2, 0.25) is 5.91 Å². The third-order valence-corrected chi connectivity index (χ3v) is 6.10. The Balaban J connectivity index is 1.26. The van der Waals surface area contributed by atoms with E-state index in [-0.39, 0.29) is 18.0 Å². The smallest absolute Gasteiger partial charge is 0.315 e. The predicted molar refractivity (Wildman–Crippen MR) is 91.7 cm³/mol. The number of carbonyl (C=O) groups excluding carboxylic acids is 2. The Kier molecular flexibility index (Phi) is 3.74. The van der Waals surface area contributed by atoms with Crippen molar-refractivity contribution < 1.29 is 9.59 Å². The number of urea groups is 1. The van der Waals surface area contributed by atoms with Crippen LogP contribution < -0.4 is 10.6 Å². The SMILES string of the molecule is CC(=O)N1CC[C@H](NC(=O)NC[C@H]2C[C@@]23CCc2ccccc23)C1. The first-order chi connectivity index (χ1) is 11.6. The highest BCUT2D eigenvalue weighted by molar-refractivity contribution is 5.75. The van der Waals surface area contributed by atoms with Gasteiger partial charge in [0.25, 0.3) is 0 Å². The van der Waals surface area contributed by atoms with Crippen LogP contribution in [0.3, 0.4) is 0 Å². The number of likely N-dealkylation sites (tertiary alicyclic amines) is 1. The Morgan fingerprint density at radius 1 is 1.33 bits per heavy atom. The number of amides is 3. The van der Waals surface area contributed by atoms with Crippen LogP contribution in [-0.2, 0) is 16.6 Å². The summed E-state index contributed by atoms with van der Waals surface area (Å²) in [6, 6.07) is 8.72. The molecule has 2 aliphatic carbocycles. The van der Waals surface area contributed by atoms with Gasteiger partial charge in [-0.05, 0) is 42.7 Å². The Morgan fingerprint density at radius 3 is 2.96 bits per heavy atom. The Bertz CT molecular complexity index is 674. The molecule has 0 bridgehead atoms. The number of hydrogen-bond acceptors (Lipinski definition) is 2. The zero-order valence-corrected chi connectivity index (χ0v) is 14.2. The van der Waals surface area contributed by atoms with Crippen LogP contribution in [0.2, 0.25) is 0 Å². The van der Waals surface area contributed by atoms with Crippen molar-refractivity contribution in [1.29, 1.82) is 0 Å². The average Bonchev–Trinajstić information content (AvgIpc) is 2.90. The molecule has 5 nitrogen and oxygen atoms in total. The second kappa shape index (κ2) is 5.80. The topological polar surface area (TPSA) is 61.4 Å². The maximum atomic E-state index is 12.1. The van der Waals surface area contributed by atoms with Crippen molar-refractivity contribution in [2.75, 3.05) is 19.6 Å². The number of nitrogens with one attached hydrogen (secondary N) is 2. The van der Waals surface area contributed by atoms with Crippen molar-refractivity contribution in [3.63, 3.8) is 0 Å². The van der Waals surface area contributed by atoms with E-state index in [0.29, 0.717) is 17.9 Å². The second-order valence-electron chi connectivity index (χ2n) is 7.52. The summed E-state index contributed by atoms with van der Waals surface area (Å²) in [6.45, 7) is 3.68. The van der Waals surface area contributed by atoms with Gasteiger partial charge in [-0.2, -0.15) is 0 Å². The zero-order chi connectivity index (χ0) is 16.7. The highest BCUT2D eigenvalue weighted by Crippen LogP contribution is 2.61. The van der Waals surface area contributed by atoms with Crippen molar-refractivity contribution in [1.82, 2.24) is 15.5 Å². The molecule has 128 valence electrons. The van der Waals surface area contributed by atoms with Gasteiger partial charge in [-0.3, -0.25) is 4.79 Å². The molecule has 1 aromatic carbocycles. The molecule has 1 heterocycles. The lowest BCUT2D eigenvalue weighted by atomic mass is 9.95. The lowest BCUT2D eigenvalue weighted by Gasteiger charge is -2.16. The molecule has 2 fully saturated rings. The van der Waals surface area contributed by atoms with Gasteiger partial charge in [-0.15, -0.1) is 0 Å². The number of carbonyl (C=O) groups is 2. The number of hydrogen-bond donors (Lipinski definition) is 2. The van der Waals surface area contributed by atoms with E-state index in [4.69, 9.17) is 0 Å². The van der Waals surface area contributed by atoms with E-state index in [2.05, 4.69) is 34.9 Å². The number of benzene rings is 1. The van der Waals surface area contributed by atoms with Gasteiger partial charge in [0, 0.05) is 38.0 Å². The van der Waals surface area contributed by atoms with Gasteiger partial charge >= 0.3 is 6.03 Å². The van der Waals surface area contributed by atoms with Gasteiger partial charge in [0.1, 0.15) is 0 Å². The maximum Gasteiger partial charge on any atom is 0.315 e. The fourth-order valence-electron chi connectivity index (χ4n) is 4.62. The molecule has 4 rings (SSSR count). The first-order valence-electron chi connectivity index (χ1n) is 8.97. The molecule has 1 aromatic rings. The van der Waals surface area contributed by atoms with Crippen LogP contribution in [-0.4, -0.2) is 42.5 Å². The van der Waals surface area contributed by atoms with Crippen molar-refractivity contribution in [2.24, 2.45) is 5.92 Å². The summed E-state index contributed by atoms with van der Waals surface area (Å²) in [7, 11) is 0. The third kappa shape index (κ3) is 2.66. The van der Waals surface area contributed by atoms with Crippen molar-refractivity contribution in [3.05, 3.63) is 35.4 Å². The minimum atomic E-state index is -0.0984. The minimum absolute atomic E-state index is 0.0780. The van der Waals surface area contributed by atoms with Crippen LogP contribution in [0.15, 0.2) is 24.3 Å². The number of fused-ring (bicyclic) bond motifs is 2. The monoisotopic (exact) mass is 327 g/mol. The van der Waals surface area contributed by atoms with E-state index in [1.807, 2.05) is 0 Å². The summed E-state index contributed by atoms with van der Waals surface area (Å²) in [5.41, 5.74) is 3.31. The van der Waals surface area contributed by atoms with Gasteiger partial charge in [0.15, 0.2) is 0 Å². The van der Waals surface area contributed by atoms with Crippen molar-refractivity contribution >= 4 is 11.9 Å². The Labute approximate surface area is 142 Å². The molecule has 0 unspecified atom stereocenters. The molecule has 24 heavy (non-hydrogen) atoms. The molecule has 1 saturated carbocycles. The van der Waals surface area contributed by atoms with Crippen LogP contribution in [0.25, 0.3) is 0 Å². The summed E-state index contributed by atoms with van der Waals surface area (Å²) >= 11 is 0. The van der Waals surface area contributed by atoms with Gasteiger partial charge in [-0.25, -0.2) is 4.79 Å². The van der Waals surface area contributed by atoms with E-state index in [9.17, 15) is 9.59 Å². The molecule has 0 radical (unpaired) electrons. The fourth-order valence-corrected chi connectivity index (χ4v) is 4.62. The molecule has 1 spiro atoms. The molecule has 0 aromatic heterocycles. The van der Waals surface area contributed by atoms with E-state index in [1.165, 1.54) is 30.4 Å².